The second-order valence-corrected chi connectivity index (χ2v) is 5.45. The Hall–Kier alpha value is -0.870. The summed E-state index contributed by atoms with van der Waals surface area (Å²) < 4.78 is 11.7. The summed E-state index contributed by atoms with van der Waals surface area (Å²) in [6, 6.07) is 9.06. The largest absolute Gasteiger partial charge is 0.464 e. The van der Waals surface area contributed by atoms with E-state index in [1.807, 2.05) is 44.1 Å². The summed E-state index contributed by atoms with van der Waals surface area (Å²) in [7, 11) is 3.87. The van der Waals surface area contributed by atoms with Gasteiger partial charge >= 0.3 is 0 Å². The summed E-state index contributed by atoms with van der Waals surface area (Å²) in [6.07, 6.45) is 2.32. The first kappa shape index (κ1) is 18.2. The number of ether oxygens (including phenoxy) is 1. The van der Waals surface area contributed by atoms with Crippen molar-refractivity contribution in [1.82, 2.24) is 4.90 Å². The normalized spacial score (nSPS) is 13.6. The fourth-order valence-corrected chi connectivity index (χ4v) is 2.50. The second-order valence-electron chi connectivity index (χ2n) is 4.66. The smallest absolute Gasteiger partial charge is 0.221 e. The van der Waals surface area contributed by atoms with E-state index in [0.29, 0.717) is 22.2 Å². The van der Waals surface area contributed by atoms with Gasteiger partial charge in [0, 0.05) is 6.42 Å². The lowest BCUT2D eigenvalue weighted by Crippen LogP contribution is -2.46. The minimum Gasteiger partial charge on any atom is -0.464 e. The van der Waals surface area contributed by atoms with Crippen LogP contribution >= 0.6 is 35.6 Å². The molecular weight excluding hydrogens is 333 g/mol. The third-order valence-corrected chi connectivity index (χ3v) is 4.10. The van der Waals surface area contributed by atoms with Crippen LogP contribution in [0, 0.1) is 0 Å². The van der Waals surface area contributed by atoms with Crippen LogP contribution in [0.1, 0.15) is 19.1 Å². The van der Waals surface area contributed by atoms with Crippen molar-refractivity contribution in [1.29, 1.82) is 0 Å². The maximum atomic E-state index is 6.22. The van der Waals surface area contributed by atoms with Crippen molar-refractivity contribution in [2.45, 2.75) is 19.1 Å². The Morgan fingerprint density at radius 3 is 2.43 bits per heavy atom. The third kappa shape index (κ3) is 3.49. The number of nitrogens with zero attached hydrogens (tertiary/aromatic N) is 1. The molecule has 0 amide bonds. The van der Waals surface area contributed by atoms with Crippen molar-refractivity contribution in [2.24, 2.45) is 0 Å². The zero-order valence-electron chi connectivity index (χ0n) is 12.1. The van der Waals surface area contributed by atoms with E-state index in [-0.39, 0.29) is 12.4 Å². The molecule has 0 saturated heterocycles. The first-order valence-corrected chi connectivity index (χ1v) is 7.11. The van der Waals surface area contributed by atoms with Gasteiger partial charge in [-0.1, -0.05) is 36.2 Å². The standard InChI is InChI=1S/C15H17Cl2NO2.ClH/c1-4-15(18(2)3,13-9-6-10-19-13)20-12-8-5-7-11(16)14(12)17;/h5-10H,4H2,1-3H3;1H. The molecule has 0 saturated carbocycles. The van der Waals surface area contributed by atoms with Gasteiger partial charge in [0.25, 0.3) is 0 Å². The first-order chi connectivity index (χ1) is 9.51. The van der Waals surface area contributed by atoms with Crippen LogP contribution < -0.4 is 4.74 Å². The minimum absolute atomic E-state index is 0. The molecule has 0 bridgehead atoms. The zero-order chi connectivity index (χ0) is 14.8. The van der Waals surface area contributed by atoms with Gasteiger partial charge in [0.15, 0.2) is 5.76 Å². The van der Waals surface area contributed by atoms with Crippen LogP contribution in [0.25, 0.3) is 0 Å². The summed E-state index contributed by atoms with van der Waals surface area (Å²) in [5.41, 5.74) is -0.724. The molecule has 1 unspecified atom stereocenters. The number of halogens is 3. The van der Waals surface area contributed by atoms with Gasteiger partial charge in [0.05, 0.1) is 11.3 Å². The van der Waals surface area contributed by atoms with Gasteiger partial charge in [0.2, 0.25) is 5.72 Å². The van der Waals surface area contributed by atoms with E-state index in [1.54, 1.807) is 18.4 Å². The van der Waals surface area contributed by atoms with Crippen LogP contribution in [-0.2, 0) is 5.72 Å². The average Bonchev–Trinajstić information content (AvgIpc) is 2.94. The Labute approximate surface area is 141 Å². The van der Waals surface area contributed by atoms with Gasteiger partial charge in [-0.05, 0) is 38.4 Å². The monoisotopic (exact) mass is 349 g/mol. The number of hydrogen-bond acceptors (Lipinski definition) is 3. The van der Waals surface area contributed by atoms with E-state index >= 15 is 0 Å². The molecule has 116 valence electrons. The Bertz CT molecular complexity index is 572. The molecule has 0 N–H and O–H groups in total. The number of rotatable bonds is 5. The van der Waals surface area contributed by atoms with Gasteiger partial charge in [0.1, 0.15) is 10.8 Å². The Morgan fingerprint density at radius 1 is 1.19 bits per heavy atom. The molecule has 0 spiro atoms. The molecule has 21 heavy (non-hydrogen) atoms. The summed E-state index contributed by atoms with van der Waals surface area (Å²) in [5, 5.41) is 0.868. The molecule has 2 aromatic rings. The van der Waals surface area contributed by atoms with Crippen LogP contribution in [0.4, 0.5) is 0 Å². The van der Waals surface area contributed by atoms with Crippen molar-refractivity contribution < 1.29 is 9.15 Å². The maximum absolute atomic E-state index is 6.22. The molecule has 0 aliphatic rings. The Balaban J connectivity index is 0.00000220. The van der Waals surface area contributed by atoms with Gasteiger partial charge in [-0.2, -0.15) is 0 Å². The molecule has 1 aromatic carbocycles. The van der Waals surface area contributed by atoms with Crippen LogP contribution in [-0.4, -0.2) is 19.0 Å². The molecule has 1 aromatic heterocycles. The van der Waals surface area contributed by atoms with E-state index < -0.39 is 5.72 Å². The highest BCUT2D eigenvalue weighted by Gasteiger charge is 2.39. The van der Waals surface area contributed by atoms with Crippen LogP contribution in [0.15, 0.2) is 41.0 Å². The Morgan fingerprint density at radius 2 is 1.90 bits per heavy atom. The average molecular weight is 351 g/mol. The Kier molecular flexibility index (Phi) is 6.41. The van der Waals surface area contributed by atoms with Crippen LogP contribution in [0.2, 0.25) is 10.0 Å². The lowest BCUT2D eigenvalue weighted by molar-refractivity contribution is -0.0835. The van der Waals surface area contributed by atoms with Gasteiger partial charge < -0.3 is 9.15 Å². The van der Waals surface area contributed by atoms with Gasteiger partial charge in [-0.3, -0.25) is 4.90 Å². The van der Waals surface area contributed by atoms with Gasteiger partial charge in [-0.25, -0.2) is 0 Å². The van der Waals surface area contributed by atoms with E-state index in [1.165, 1.54) is 0 Å². The molecule has 0 radical (unpaired) electrons. The van der Waals surface area contributed by atoms with E-state index in [2.05, 4.69) is 0 Å². The van der Waals surface area contributed by atoms with E-state index in [4.69, 9.17) is 32.4 Å². The fourth-order valence-electron chi connectivity index (χ4n) is 2.17. The van der Waals surface area contributed by atoms with Crippen molar-refractivity contribution >= 4 is 35.6 Å². The molecular formula is C15H18Cl3NO2. The highest BCUT2D eigenvalue weighted by molar-refractivity contribution is 6.42. The first-order valence-electron chi connectivity index (χ1n) is 6.35. The number of hydrogen-bond donors (Lipinski definition) is 0. The molecule has 6 heteroatoms. The number of benzene rings is 1. The zero-order valence-corrected chi connectivity index (χ0v) is 14.4. The van der Waals surface area contributed by atoms with Crippen LogP contribution in [0.5, 0.6) is 5.75 Å². The third-order valence-electron chi connectivity index (χ3n) is 3.30. The molecule has 0 fully saturated rings. The number of furan rings is 1. The fraction of sp³-hybridized carbons (Fsp3) is 0.333. The van der Waals surface area contributed by atoms with Crippen molar-refractivity contribution in [3.05, 3.63) is 52.4 Å². The van der Waals surface area contributed by atoms with E-state index in [9.17, 15) is 0 Å². The molecule has 3 nitrogen and oxygen atoms in total. The summed E-state index contributed by atoms with van der Waals surface area (Å²) in [5.74, 6) is 1.26. The quantitative estimate of drug-likeness (QED) is 0.692. The highest BCUT2D eigenvalue weighted by atomic mass is 35.5. The SMILES string of the molecule is CCC(Oc1cccc(Cl)c1Cl)(c1ccco1)N(C)C.Cl. The van der Waals surface area contributed by atoms with E-state index in [0.717, 1.165) is 5.76 Å². The summed E-state index contributed by atoms with van der Waals surface area (Å²) >= 11 is 12.3. The molecule has 1 heterocycles. The molecule has 0 aliphatic heterocycles. The lowest BCUT2D eigenvalue weighted by atomic mass is 10.1. The molecule has 1 atom stereocenters. The highest BCUT2D eigenvalue weighted by Crippen LogP contribution is 2.39. The predicted octanol–water partition coefficient (Wildman–Crippen LogP) is 5.21. The topological polar surface area (TPSA) is 25.6 Å². The minimum atomic E-state index is -0.724. The predicted molar refractivity (Wildman–Crippen MR) is 88.7 cm³/mol. The molecule has 0 aliphatic carbocycles. The summed E-state index contributed by atoms with van der Waals surface area (Å²) in [6.45, 7) is 2.03. The summed E-state index contributed by atoms with van der Waals surface area (Å²) in [4.78, 5) is 1.96. The molecule has 2 rings (SSSR count). The maximum Gasteiger partial charge on any atom is 0.221 e. The lowest BCUT2D eigenvalue weighted by Gasteiger charge is -2.37. The van der Waals surface area contributed by atoms with Crippen molar-refractivity contribution in [3.63, 3.8) is 0 Å². The van der Waals surface area contributed by atoms with Crippen molar-refractivity contribution in [2.75, 3.05) is 14.1 Å². The van der Waals surface area contributed by atoms with Gasteiger partial charge in [-0.15, -0.1) is 12.4 Å². The van der Waals surface area contributed by atoms with Crippen molar-refractivity contribution in [3.8, 4) is 5.75 Å². The van der Waals surface area contributed by atoms with Crippen LogP contribution in [0.3, 0.4) is 0 Å². The second kappa shape index (κ2) is 7.41.